The first-order valence-corrected chi connectivity index (χ1v) is 15.1. The van der Waals surface area contributed by atoms with Crippen molar-refractivity contribution in [2.45, 2.75) is 31.6 Å². The van der Waals surface area contributed by atoms with Crippen molar-refractivity contribution in [2.24, 2.45) is 5.41 Å². The summed E-state index contributed by atoms with van der Waals surface area (Å²) in [6.45, 7) is 5.55. The van der Waals surface area contributed by atoms with E-state index in [2.05, 4.69) is 21.9 Å². The number of carbonyl (C=O) groups excluding carboxylic acids is 2. The van der Waals surface area contributed by atoms with Gasteiger partial charge in [-0.05, 0) is 56.5 Å². The molecule has 0 saturated carbocycles. The second-order valence-corrected chi connectivity index (χ2v) is 12.4. The van der Waals surface area contributed by atoms with Gasteiger partial charge in [0.15, 0.2) is 0 Å². The summed E-state index contributed by atoms with van der Waals surface area (Å²) in [7, 11) is -2.53. The summed E-state index contributed by atoms with van der Waals surface area (Å²) in [4.78, 5) is 34.6. The maximum Gasteiger partial charge on any atom is 0.264 e. The number of amides is 2. The van der Waals surface area contributed by atoms with Crippen molar-refractivity contribution in [2.75, 3.05) is 38.0 Å². The molecule has 0 atom stereocenters. The predicted octanol–water partition coefficient (Wildman–Crippen LogP) is 4.63. The van der Waals surface area contributed by atoms with Crippen LogP contribution in [0.5, 0.6) is 5.75 Å². The van der Waals surface area contributed by atoms with Crippen LogP contribution in [0.4, 0.5) is 5.69 Å². The van der Waals surface area contributed by atoms with E-state index in [0.717, 1.165) is 18.4 Å². The topological polar surface area (TPSA) is 109 Å². The zero-order valence-electron chi connectivity index (χ0n) is 23.5. The van der Waals surface area contributed by atoms with E-state index in [1.807, 2.05) is 24.8 Å². The minimum absolute atomic E-state index is 0.0537. The summed E-state index contributed by atoms with van der Waals surface area (Å²) < 4.78 is 34.5. The second kappa shape index (κ2) is 11.4. The van der Waals surface area contributed by atoms with E-state index in [1.165, 1.54) is 19.2 Å². The lowest BCUT2D eigenvalue weighted by atomic mass is 9.80. The number of rotatable bonds is 7. The molecule has 5 rings (SSSR count). The van der Waals surface area contributed by atoms with Crippen LogP contribution < -0.4 is 9.46 Å². The van der Waals surface area contributed by atoms with Crippen molar-refractivity contribution in [1.29, 1.82) is 0 Å². The molecule has 2 heterocycles. The number of aromatic nitrogens is 1. The Morgan fingerprint density at radius 2 is 1.71 bits per heavy atom. The first-order chi connectivity index (χ1) is 19.6. The molecule has 1 aliphatic heterocycles. The molecular weight excluding hydrogens is 540 g/mol. The van der Waals surface area contributed by atoms with E-state index in [9.17, 15) is 18.0 Å². The molecule has 214 valence electrons. The van der Waals surface area contributed by atoms with Crippen molar-refractivity contribution < 1.29 is 22.7 Å². The lowest BCUT2D eigenvalue weighted by Gasteiger charge is -2.39. The Hall–Kier alpha value is -4.18. The standard InChI is InChI=1S/C31H34N4O5S/c1-31(2,23-11-5-4-6-12-23)30(37)35-19-17-34(18-20-35)29(36)25-15-14-24(21-26(25)40-3)33-41(38,39)27-13-7-9-22-10-8-16-32-28(22)27/h5,7-16,21,33H,4,6,17-20H2,1-3H3. The number of para-hydroxylation sites is 1. The van der Waals surface area contributed by atoms with E-state index in [-0.39, 0.29) is 28.1 Å². The summed E-state index contributed by atoms with van der Waals surface area (Å²) in [5.74, 6) is 0.0682. The van der Waals surface area contributed by atoms with Gasteiger partial charge in [0.1, 0.15) is 10.6 Å². The van der Waals surface area contributed by atoms with Crippen LogP contribution in [-0.4, -0.2) is 68.3 Å². The third-order valence-corrected chi connectivity index (χ3v) is 9.09. The lowest BCUT2D eigenvalue weighted by molar-refractivity contribution is -0.139. The number of hydrogen-bond donors (Lipinski definition) is 1. The molecule has 0 radical (unpaired) electrons. The Kier molecular flexibility index (Phi) is 7.86. The maximum atomic E-state index is 13.4. The molecule has 9 nitrogen and oxygen atoms in total. The lowest BCUT2D eigenvalue weighted by Crippen LogP contribution is -2.53. The van der Waals surface area contributed by atoms with Gasteiger partial charge in [-0.25, -0.2) is 8.42 Å². The highest BCUT2D eigenvalue weighted by Gasteiger charge is 2.37. The van der Waals surface area contributed by atoms with Gasteiger partial charge in [0, 0.05) is 43.8 Å². The number of sulfonamides is 1. The van der Waals surface area contributed by atoms with Crippen LogP contribution in [0, 0.1) is 5.41 Å². The molecule has 41 heavy (non-hydrogen) atoms. The number of ether oxygens (including phenoxy) is 1. The van der Waals surface area contributed by atoms with Crippen molar-refractivity contribution in [3.63, 3.8) is 0 Å². The van der Waals surface area contributed by atoms with Crippen molar-refractivity contribution in [1.82, 2.24) is 14.8 Å². The van der Waals surface area contributed by atoms with Gasteiger partial charge in [0.05, 0.1) is 29.3 Å². The fourth-order valence-electron chi connectivity index (χ4n) is 5.31. The van der Waals surface area contributed by atoms with E-state index < -0.39 is 15.4 Å². The van der Waals surface area contributed by atoms with Crippen LogP contribution in [-0.2, 0) is 14.8 Å². The van der Waals surface area contributed by atoms with Crippen molar-refractivity contribution in [3.8, 4) is 5.75 Å². The fraction of sp³-hybridized carbons (Fsp3) is 0.323. The zero-order chi connectivity index (χ0) is 29.2. The number of nitrogens with one attached hydrogen (secondary N) is 1. The molecule has 2 amide bonds. The molecule has 0 unspecified atom stereocenters. The predicted molar refractivity (Wildman–Crippen MR) is 158 cm³/mol. The summed E-state index contributed by atoms with van der Waals surface area (Å²) in [5, 5.41) is 0.710. The van der Waals surface area contributed by atoms with Gasteiger partial charge in [0.2, 0.25) is 5.91 Å². The van der Waals surface area contributed by atoms with Crippen molar-refractivity contribution >= 4 is 38.4 Å². The van der Waals surface area contributed by atoms with Crippen LogP contribution in [0.3, 0.4) is 0 Å². The van der Waals surface area contributed by atoms with Gasteiger partial charge in [0.25, 0.3) is 15.9 Å². The maximum absolute atomic E-state index is 13.4. The zero-order valence-corrected chi connectivity index (χ0v) is 24.3. The van der Waals surface area contributed by atoms with Crippen LogP contribution in [0.1, 0.15) is 37.0 Å². The minimum atomic E-state index is -3.96. The van der Waals surface area contributed by atoms with E-state index >= 15 is 0 Å². The molecule has 1 N–H and O–H groups in total. The van der Waals surface area contributed by atoms with Crippen LogP contribution >= 0.6 is 0 Å². The van der Waals surface area contributed by atoms with Gasteiger partial charge >= 0.3 is 0 Å². The number of carbonyl (C=O) groups is 2. The molecule has 1 saturated heterocycles. The number of benzene rings is 2. The van der Waals surface area contributed by atoms with Gasteiger partial charge in [-0.3, -0.25) is 19.3 Å². The average molecular weight is 575 g/mol. The SMILES string of the molecule is COc1cc(NS(=O)(=O)c2cccc3cccnc23)ccc1C(=O)N1CCN(C(=O)C(C)(C)C2=CCCC=C2)CC1. The van der Waals surface area contributed by atoms with Gasteiger partial charge in [-0.1, -0.05) is 36.4 Å². The third kappa shape index (κ3) is 5.69. The highest BCUT2D eigenvalue weighted by molar-refractivity contribution is 7.93. The number of nitrogens with zero attached hydrogens (tertiary/aromatic N) is 3. The number of anilines is 1. The number of pyridine rings is 1. The highest BCUT2D eigenvalue weighted by Crippen LogP contribution is 2.33. The Balaban J connectivity index is 1.28. The van der Waals surface area contributed by atoms with Gasteiger partial charge in [-0.15, -0.1) is 0 Å². The van der Waals surface area contributed by atoms with Crippen LogP contribution in [0.2, 0.25) is 0 Å². The second-order valence-electron chi connectivity index (χ2n) is 10.7. The first-order valence-electron chi connectivity index (χ1n) is 13.6. The number of fused-ring (bicyclic) bond motifs is 1. The number of piperazine rings is 1. The van der Waals surface area contributed by atoms with Crippen LogP contribution in [0.15, 0.2) is 83.4 Å². The quantitative estimate of drug-likeness (QED) is 0.441. The minimum Gasteiger partial charge on any atom is -0.496 e. The van der Waals surface area contributed by atoms with E-state index in [0.29, 0.717) is 42.6 Å². The molecule has 3 aromatic rings. The fourth-order valence-corrected chi connectivity index (χ4v) is 6.54. The van der Waals surface area contributed by atoms with Crippen LogP contribution in [0.25, 0.3) is 10.9 Å². The van der Waals surface area contributed by atoms with Gasteiger partial charge in [-0.2, -0.15) is 0 Å². The monoisotopic (exact) mass is 574 g/mol. The molecule has 0 bridgehead atoms. The summed E-state index contributed by atoms with van der Waals surface area (Å²) in [5.41, 5.74) is 1.35. The third-order valence-electron chi connectivity index (χ3n) is 7.67. The Labute approximate surface area is 240 Å². The summed E-state index contributed by atoms with van der Waals surface area (Å²) in [6, 6.07) is 13.1. The molecule has 1 fully saturated rings. The summed E-state index contributed by atoms with van der Waals surface area (Å²) in [6.07, 6.45) is 9.75. The van der Waals surface area contributed by atoms with E-state index in [1.54, 1.807) is 47.5 Å². The molecule has 0 spiro atoms. The molecule has 1 aromatic heterocycles. The van der Waals surface area contributed by atoms with Crippen molar-refractivity contribution in [3.05, 3.63) is 84.1 Å². The largest absolute Gasteiger partial charge is 0.496 e. The number of hydrogen-bond acceptors (Lipinski definition) is 6. The molecule has 1 aliphatic carbocycles. The van der Waals surface area contributed by atoms with E-state index in [4.69, 9.17) is 4.74 Å². The Bertz CT molecular complexity index is 1650. The number of methoxy groups -OCH3 is 1. The van der Waals surface area contributed by atoms with Gasteiger partial charge < -0.3 is 14.5 Å². The molecular formula is C31H34N4O5S. The average Bonchev–Trinajstić information content (AvgIpc) is 3.00. The Morgan fingerprint density at radius 1 is 0.976 bits per heavy atom. The molecule has 2 aromatic carbocycles. The first kappa shape index (κ1) is 28.4. The summed E-state index contributed by atoms with van der Waals surface area (Å²) >= 11 is 0. The normalized spacial score (nSPS) is 15.9. The number of allylic oxidation sites excluding steroid dienone is 3. The molecule has 10 heteroatoms. The molecule has 2 aliphatic rings. The highest BCUT2D eigenvalue weighted by atomic mass is 32.2. The Morgan fingerprint density at radius 3 is 2.41 bits per heavy atom. The smallest absolute Gasteiger partial charge is 0.264 e.